The molecule has 1 fully saturated rings. The van der Waals surface area contributed by atoms with Gasteiger partial charge in [-0.15, -0.1) is 0 Å². The fraction of sp³-hybridized carbons (Fsp3) is 0.459. The number of hydrogen-bond donors (Lipinski definition) is 0. The highest BCUT2D eigenvalue weighted by atomic mass is 16.8. The SMILES string of the molecule is CC[C@@]1(OC(=O)OCCO[C@@H]2O[C@H](COC(C)=O)[C@@H](OC(C)=O)[C@H](OC(C)=O)[C@H]2OC(C)=O)C(=O)OCc2c1cc1n(c2=O)Cc2cc3ccccc3nc2-1. The van der Waals surface area contributed by atoms with E-state index in [9.17, 15) is 33.6 Å². The lowest BCUT2D eigenvalue weighted by Crippen LogP contribution is -2.63. The Balaban J connectivity index is 1.19. The number of ether oxygens (including phenoxy) is 9. The zero-order valence-electron chi connectivity index (χ0n) is 30.5. The Morgan fingerprint density at radius 3 is 2.25 bits per heavy atom. The number of cyclic esters (lactones) is 1. The second kappa shape index (κ2) is 15.8. The van der Waals surface area contributed by atoms with Gasteiger partial charge in [0.05, 0.1) is 35.6 Å². The number of pyridine rings is 2. The van der Waals surface area contributed by atoms with Crippen molar-refractivity contribution in [3.8, 4) is 11.4 Å². The summed E-state index contributed by atoms with van der Waals surface area (Å²) in [4.78, 5) is 93.0. The molecule has 0 bridgehead atoms. The summed E-state index contributed by atoms with van der Waals surface area (Å²) < 4.78 is 50.6. The molecule has 18 heteroatoms. The number of carbonyl (C=O) groups is 6. The molecular formula is C37H38N2O16. The van der Waals surface area contributed by atoms with Gasteiger partial charge < -0.3 is 47.2 Å². The van der Waals surface area contributed by atoms with Gasteiger partial charge in [-0.25, -0.2) is 14.6 Å². The van der Waals surface area contributed by atoms with Crippen molar-refractivity contribution < 1.29 is 71.4 Å². The van der Waals surface area contributed by atoms with Crippen molar-refractivity contribution in [2.45, 2.75) is 90.5 Å². The number of carbonyl (C=O) groups excluding carboxylic acids is 6. The van der Waals surface area contributed by atoms with Crippen LogP contribution in [0.15, 0.2) is 41.2 Å². The van der Waals surface area contributed by atoms with E-state index in [1.807, 2.05) is 30.3 Å². The number of aromatic nitrogens is 2. The van der Waals surface area contributed by atoms with E-state index in [2.05, 4.69) is 0 Å². The predicted octanol–water partition coefficient (Wildman–Crippen LogP) is 2.34. The van der Waals surface area contributed by atoms with Gasteiger partial charge in [0.2, 0.25) is 5.60 Å². The van der Waals surface area contributed by atoms with Crippen LogP contribution in [0.25, 0.3) is 22.3 Å². The molecule has 0 unspecified atom stereocenters. The summed E-state index contributed by atoms with van der Waals surface area (Å²) in [5.41, 5.74) is 0.362. The van der Waals surface area contributed by atoms with Crippen molar-refractivity contribution in [2.24, 2.45) is 0 Å². The number of para-hydroxylation sites is 1. The quantitative estimate of drug-likeness (QED) is 0.121. The van der Waals surface area contributed by atoms with E-state index in [0.717, 1.165) is 38.6 Å². The molecular weight excluding hydrogens is 728 g/mol. The standard InChI is InChI=1S/C37H38N2O16/c1-6-37(25-14-27-29-23(13-22-9-7-8-10-26(22)38-29)15-39(27)33(44)24(25)16-50-35(37)45)55-36(46)48-12-11-47-34-32(53-21(5)43)31(52-20(4)42)30(51-19(3)41)28(54-34)17-49-18(2)40/h7-10,13-14,28,30-32,34H,6,11-12,15-17H2,1-5H3/t28-,30-,31+,32-,34-,37+/m1/s1. The van der Waals surface area contributed by atoms with Crippen molar-refractivity contribution in [1.29, 1.82) is 0 Å². The van der Waals surface area contributed by atoms with Crippen LogP contribution in [0, 0.1) is 0 Å². The third kappa shape index (κ3) is 7.86. The summed E-state index contributed by atoms with van der Waals surface area (Å²) in [6.45, 7) is 4.47. The average molecular weight is 767 g/mol. The molecule has 0 radical (unpaired) electrons. The van der Waals surface area contributed by atoms with Crippen LogP contribution in [0.3, 0.4) is 0 Å². The van der Waals surface area contributed by atoms with E-state index in [1.54, 1.807) is 13.0 Å². The Bertz CT molecular complexity index is 2110. The van der Waals surface area contributed by atoms with Crippen LogP contribution in [-0.2, 0) is 85.4 Å². The maximum atomic E-state index is 13.8. The summed E-state index contributed by atoms with van der Waals surface area (Å²) in [5, 5.41) is 0.900. The van der Waals surface area contributed by atoms with Crippen molar-refractivity contribution in [3.05, 3.63) is 63.4 Å². The van der Waals surface area contributed by atoms with E-state index in [0.29, 0.717) is 16.9 Å². The maximum absolute atomic E-state index is 13.8. The molecule has 0 aliphatic carbocycles. The minimum absolute atomic E-state index is 0.115. The molecule has 18 nitrogen and oxygen atoms in total. The molecule has 0 N–H and O–H groups in total. The molecule has 292 valence electrons. The van der Waals surface area contributed by atoms with Gasteiger partial charge in [0.1, 0.15) is 25.9 Å². The molecule has 2 aromatic heterocycles. The zero-order chi connectivity index (χ0) is 39.6. The minimum Gasteiger partial charge on any atom is -0.463 e. The smallest absolute Gasteiger partial charge is 0.463 e. The fourth-order valence-corrected chi connectivity index (χ4v) is 6.87. The highest BCUT2D eigenvalue weighted by Crippen LogP contribution is 2.41. The van der Waals surface area contributed by atoms with Gasteiger partial charge in [0.25, 0.3) is 5.56 Å². The maximum Gasteiger partial charge on any atom is 0.509 e. The number of benzene rings is 1. The highest BCUT2D eigenvalue weighted by molar-refractivity contribution is 5.87. The van der Waals surface area contributed by atoms with Crippen LogP contribution in [-0.4, -0.2) is 96.1 Å². The van der Waals surface area contributed by atoms with Crippen LogP contribution in [0.4, 0.5) is 4.79 Å². The van der Waals surface area contributed by atoms with Crippen LogP contribution in [0.2, 0.25) is 0 Å². The molecule has 1 aromatic carbocycles. The van der Waals surface area contributed by atoms with Crippen molar-refractivity contribution in [1.82, 2.24) is 9.55 Å². The van der Waals surface area contributed by atoms with Gasteiger partial charge in [0.15, 0.2) is 24.6 Å². The second-order valence-corrected chi connectivity index (χ2v) is 12.9. The lowest BCUT2D eigenvalue weighted by molar-refractivity contribution is -0.309. The Kier molecular flexibility index (Phi) is 11.2. The lowest BCUT2D eigenvalue weighted by atomic mass is 9.85. The van der Waals surface area contributed by atoms with E-state index in [4.69, 9.17) is 47.6 Å². The van der Waals surface area contributed by atoms with E-state index < -0.39 is 97.7 Å². The molecule has 3 aliphatic heterocycles. The first-order valence-corrected chi connectivity index (χ1v) is 17.3. The predicted molar refractivity (Wildman–Crippen MR) is 183 cm³/mol. The zero-order valence-corrected chi connectivity index (χ0v) is 30.5. The molecule has 0 saturated carbocycles. The Morgan fingerprint density at radius 2 is 1.56 bits per heavy atom. The number of rotatable bonds is 11. The molecule has 0 amide bonds. The van der Waals surface area contributed by atoms with Gasteiger partial charge >= 0.3 is 36.0 Å². The normalized spacial score (nSPS) is 23.7. The van der Waals surface area contributed by atoms with Gasteiger partial charge in [0, 0.05) is 44.2 Å². The highest BCUT2D eigenvalue weighted by Gasteiger charge is 2.53. The molecule has 5 heterocycles. The molecule has 0 spiro atoms. The summed E-state index contributed by atoms with van der Waals surface area (Å²) in [6.07, 6.45) is -8.56. The first-order valence-electron chi connectivity index (χ1n) is 17.3. The Labute approximate surface area is 312 Å². The van der Waals surface area contributed by atoms with E-state index in [1.165, 1.54) is 4.57 Å². The molecule has 6 atom stereocenters. The minimum atomic E-state index is -2.04. The van der Waals surface area contributed by atoms with Crippen LogP contribution in [0.5, 0.6) is 0 Å². The molecule has 1 saturated heterocycles. The summed E-state index contributed by atoms with van der Waals surface area (Å²) in [7, 11) is 0. The topological polar surface area (TPSA) is 220 Å². The van der Waals surface area contributed by atoms with Crippen LogP contribution < -0.4 is 5.56 Å². The fourth-order valence-electron chi connectivity index (χ4n) is 6.87. The Hall–Kier alpha value is -5.88. The van der Waals surface area contributed by atoms with Gasteiger partial charge in [-0.2, -0.15) is 0 Å². The third-order valence-corrected chi connectivity index (χ3v) is 9.18. The van der Waals surface area contributed by atoms with E-state index in [-0.39, 0.29) is 30.7 Å². The van der Waals surface area contributed by atoms with Gasteiger partial charge in [-0.1, -0.05) is 25.1 Å². The molecule has 6 rings (SSSR count). The Morgan fingerprint density at radius 1 is 0.873 bits per heavy atom. The monoisotopic (exact) mass is 766 g/mol. The average Bonchev–Trinajstić information content (AvgIpc) is 3.48. The number of nitrogens with zero attached hydrogens (tertiary/aromatic N) is 2. The lowest BCUT2D eigenvalue weighted by Gasteiger charge is -2.44. The van der Waals surface area contributed by atoms with Crippen LogP contribution in [0.1, 0.15) is 57.7 Å². The number of hydrogen-bond acceptors (Lipinski definition) is 17. The van der Waals surface area contributed by atoms with Crippen LogP contribution >= 0.6 is 0 Å². The van der Waals surface area contributed by atoms with Gasteiger partial charge in [-0.05, 0) is 24.6 Å². The number of fused-ring (bicyclic) bond motifs is 5. The summed E-state index contributed by atoms with van der Waals surface area (Å²) >= 11 is 0. The molecule has 3 aliphatic rings. The first-order chi connectivity index (χ1) is 26.2. The van der Waals surface area contributed by atoms with Crippen molar-refractivity contribution in [2.75, 3.05) is 19.8 Å². The van der Waals surface area contributed by atoms with Crippen molar-refractivity contribution >= 4 is 46.9 Å². The molecule has 3 aromatic rings. The number of esters is 5. The molecule has 55 heavy (non-hydrogen) atoms. The largest absolute Gasteiger partial charge is 0.509 e. The summed E-state index contributed by atoms with van der Waals surface area (Å²) in [6, 6.07) is 11.1. The first kappa shape index (κ1) is 38.8. The van der Waals surface area contributed by atoms with Gasteiger partial charge in [-0.3, -0.25) is 24.0 Å². The summed E-state index contributed by atoms with van der Waals surface area (Å²) in [5.74, 6) is -4.05. The second-order valence-electron chi connectivity index (χ2n) is 12.9. The van der Waals surface area contributed by atoms with Crippen molar-refractivity contribution in [3.63, 3.8) is 0 Å². The third-order valence-electron chi connectivity index (χ3n) is 9.18. The van der Waals surface area contributed by atoms with E-state index >= 15 is 0 Å².